The van der Waals surface area contributed by atoms with Crippen LogP contribution in [0.15, 0.2) is 21.3 Å². The quantitative estimate of drug-likeness (QED) is 0.675. The third kappa shape index (κ3) is 4.48. The number of aromatic nitrogens is 2. The Hall–Kier alpha value is -2.48. The molecule has 30 heavy (non-hydrogen) atoms. The van der Waals surface area contributed by atoms with E-state index in [1.54, 1.807) is 19.9 Å². The number of hydrogen-bond donors (Lipinski definition) is 2. The molecule has 0 aliphatic carbocycles. The van der Waals surface area contributed by atoms with Crippen LogP contribution in [0.2, 0.25) is 0 Å². The lowest BCUT2D eigenvalue weighted by Crippen LogP contribution is -2.47. The predicted molar refractivity (Wildman–Crippen MR) is 109 cm³/mol. The highest BCUT2D eigenvalue weighted by Gasteiger charge is 2.36. The molecular weight excluding hydrogens is 411 g/mol. The molecule has 3 rings (SSSR count). The molecule has 1 aliphatic heterocycles. The van der Waals surface area contributed by atoms with Gasteiger partial charge in [0.2, 0.25) is 5.89 Å². The molecule has 0 amide bonds. The predicted octanol–water partition coefficient (Wildman–Crippen LogP) is 2.14. The molecule has 1 aromatic carbocycles. The lowest BCUT2D eigenvalue weighted by atomic mass is 9.88. The zero-order valence-electron chi connectivity index (χ0n) is 17.1. The molecule has 2 N–H and O–H groups in total. The minimum atomic E-state index is -3.97. The number of terminal acetylenes is 1. The monoisotopic (exact) mass is 436 g/mol. The number of nitrogens with one attached hydrogen (secondary N) is 2. The van der Waals surface area contributed by atoms with Crippen molar-refractivity contribution >= 4 is 10.2 Å². The Morgan fingerprint density at radius 3 is 2.60 bits per heavy atom. The summed E-state index contributed by atoms with van der Waals surface area (Å²) in [6.07, 6.45) is 6.55. The average molecular weight is 437 g/mol. The first-order valence-corrected chi connectivity index (χ1v) is 11.1. The Bertz CT molecular complexity index is 1110. The number of halogens is 1. The first-order valence-electron chi connectivity index (χ1n) is 9.68. The third-order valence-electron chi connectivity index (χ3n) is 5.71. The normalized spacial score (nSPS) is 18.1. The van der Waals surface area contributed by atoms with Crippen molar-refractivity contribution in [2.24, 2.45) is 5.92 Å². The van der Waals surface area contributed by atoms with Gasteiger partial charge in [-0.1, -0.05) is 13.0 Å². The van der Waals surface area contributed by atoms with Crippen LogP contribution in [0.4, 0.5) is 4.39 Å². The maximum Gasteiger partial charge on any atom is 0.434 e. The number of benzene rings is 1. The highest BCUT2D eigenvalue weighted by atomic mass is 32.2. The number of piperidine rings is 1. The van der Waals surface area contributed by atoms with Crippen molar-refractivity contribution in [2.45, 2.75) is 45.6 Å². The first kappa shape index (κ1) is 22.2. The van der Waals surface area contributed by atoms with Crippen LogP contribution in [0.3, 0.4) is 0 Å². The van der Waals surface area contributed by atoms with Crippen molar-refractivity contribution in [1.82, 2.24) is 19.2 Å². The highest BCUT2D eigenvalue weighted by Crippen LogP contribution is 2.35. The van der Waals surface area contributed by atoms with E-state index in [9.17, 15) is 17.6 Å². The second kappa shape index (κ2) is 8.71. The van der Waals surface area contributed by atoms with Gasteiger partial charge in [0.25, 0.3) is 10.2 Å². The van der Waals surface area contributed by atoms with Crippen LogP contribution in [0.1, 0.15) is 54.3 Å². The summed E-state index contributed by atoms with van der Waals surface area (Å²) in [5, 5.41) is 5.94. The van der Waals surface area contributed by atoms with Crippen molar-refractivity contribution in [2.75, 3.05) is 13.1 Å². The maximum atomic E-state index is 14.7. The Labute approximate surface area is 175 Å². The minimum Gasteiger partial charge on any atom is -0.391 e. The summed E-state index contributed by atoms with van der Waals surface area (Å²) in [6.45, 7) is 5.81. The molecule has 0 saturated carbocycles. The third-order valence-corrected chi connectivity index (χ3v) is 7.31. The molecule has 10 heteroatoms. The van der Waals surface area contributed by atoms with Gasteiger partial charge >= 0.3 is 5.76 Å². The number of hydrogen-bond acceptors (Lipinski definition) is 5. The Morgan fingerprint density at radius 1 is 1.37 bits per heavy atom. The standard InChI is InChI=1S/C20H25FN4O4S/c1-5-15-8-10-25(11-9-15)30(27,28)24-18(19-22-23-20(26)29-19)14(4)17-13(3)12(2)6-7-16(17)21/h1,6-7,14-15,18,24H,8-11H2,2-4H3,(H,23,26)/t14-,18-/m0/s1. The number of nitrogens with zero attached hydrogens (tertiary/aromatic N) is 2. The molecule has 2 atom stereocenters. The largest absolute Gasteiger partial charge is 0.434 e. The van der Waals surface area contributed by atoms with Gasteiger partial charge in [-0.3, -0.25) is 0 Å². The average Bonchev–Trinajstić information content (AvgIpc) is 3.15. The van der Waals surface area contributed by atoms with Crippen LogP contribution < -0.4 is 10.5 Å². The molecule has 1 saturated heterocycles. The molecule has 2 heterocycles. The topological polar surface area (TPSA) is 108 Å². The first-order chi connectivity index (χ1) is 14.1. The van der Waals surface area contributed by atoms with E-state index in [0.29, 0.717) is 24.0 Å². The molecule has 1 aliphatic rings. The van der Waals surface area contributed by atoms with Crippen molar-refractivity contribution in [1.29, 1.82) is 0 Å². The highest BCUT2D eigenvalue weighted by molar-refractivity contribution is 7.87. The van der Waals surface area contributed by atoms with Gasteiger partial charge in [0.15, 0.2) is 0 Å². The van der Waals surface area contributed by atoms with Gasteiger partial charge in [0.05, 0.1) is 0 Å². The summed E-state index contributed by atoms with van der Waals surface area (Å²) in [5.74, 6) is 0.548. The summed E-state index contributed by atoms with van der Waals surface area (Å²) < 4.78 is 49.7. The van der Waals surface area contributed by atoms with E-state index in [1.165, 1.54) is 10.4 Å². The summed E-state index contributed by atoms with van der Waals surface area (Å²) in [4.78, 5) is 11.5. The van der Waals surface area contributed by atoms with E-state index in [4.69, 9.17) is 10.8 Å². The fraction of sp³-hybridized carbons (Fsp3) is 0.500. The van der Waals surface area contributed by atoms with Gasteiger partial charge in [-0.2, -0.15) is 17.4 Å². The zero-order valence-corrected chi connectivity index (χ0v) is 17.9. The van der Waals surface area contributed by atoms with Crippen LogP contribution in [0.25, 0.3) is 0 Å². The van der Waals surface area contributed by atoms with Gasteiger partial charge in [-0.25, -0.2) is 14.3 Å². The lowest BCUT2D eigenvalue weighted by Gasteiger charge is -2.32. The molecule has 0 bridgehead atoms. The van der Waals surface area contributed by atoms with Gasteiger partial charge in [-0.15, -0.1) is 17.4 Å². The van der Waals surface area contributed by atoms with E-state index in [2.05, 4.69) is 20.8 Å². The van der Waals surface area contributed by atoms with E-state index in [-0.39, 0.29) is 24.9 Å². The number of H-pyrrole nitrogens is 1. The van der Waals surface area contributed by atoms with E-state index in [0.717, 1.165) is 5.56 Å². The molecule has 162 valence electrons. The van der Waals surface area contributed by atoms with Crippen molar-refractivity contribution in [3.63, 3.8) is 0 Å². The molecule has 1 fully saturated rings. The molecule has 0 unspecified atom stereocenters. The Balaban J connectivity index is 1.96. The van der Waals surface area contributed by atoms with Crippen molar-refractivity contribution in [3.05, 3.63) is 51.1 Å². The fourth-order valence-electron chi connectivity index (χ4n) is 3.77. The summed E-state index contributed by atoms with van der Waals surface area (Å²) in [6, 6.07) is 1.91. The van der Waals surface area contributed by atoms with Crippen molar-refractivity contribution < 1.29 is 17.2 Å². The van der Waals surface area contributed by atoms with E-state index in [1.807, 2.05) is 6.92 Å². The van der Waals surface area contributed by atoms with E-state index >= 15 is 0 Å². The molecule has 1 aromatic heterocycles. The molecule has 0 radical (unpaired) electrons. The molecular formula is C20H25FN4O4S. The van der Waals surface area contributed by atoms with Crippen LogP contribution in [-0.4, -0.2) is 36.0 Å². The zero-order chi connectivity index (χ0) is 22.1. The van der Waals surface area contributed by atoms with Crippen molar-refractivity contribution in [3.8, 4) is 12.3 Å². The van der Waals surface area contributed by atoms with Gasteiger partial charge in [0, 0.05) is 24.9 Å². The minimum absolute atomic E-state index is 0.0413. The van der Waals surface area contributed by atoms with Crippen LogP contribution >= 0.6 is 0 Å². The Morgan fingerprint density at radius 2 is 2.03 bits per heavy atom. The molecule has 8 nitrogen and oxygen atoms in total. The Kier molecular flexibility index (Phi) is 6.45. The smallest absolute Gasteiger partial charge is 0.391 e. The van der Waals surface area contributed by atoms with Gasteiger partial charge in [0.1, 0.15) is 11.9 Å². The molecule has 2 aromatic rings. The van der Waals surface area contributed by atoms with Gasteiger partial charge in [-0.05, 0) is 49.4 Å². The number of aryl methyl sites for hydroxylation is 1. The maximum absolute atomic E-state index is 14.7. The summed E-state index contributed by atoms with van der Waals surface area (Å²) >= 11 is 0. The second-order valence-electron chi connectivity index (χ2n) is 7.58. The molecule has 0 spiro atoms. The summed E-state index contributed by atoms with van der Waals surface area (Å²) in [5.41, 5.74) is 1.89. The second-order valence-corrected chi connectivity index (χ2v) is 9.29. The number of aromatic amines is 1. The fourth-order valence-corrected chi connectivity index (χ4v) is 5.24. The van der Waals surface area contributed by atoms with Crippen LogP contribution in [-0.2, 0) is 10.2 Å². The van der Waals surface area contributed by atoms with Gasteiger partial charge < -0.3 is 4.42 Å². The number of rotatable bonds is 6. The van der Waals surface area contributed by atoms with E-state index < -0.39 is 33.7 Å². The van der Waals surface area contributed by atoms with Crippen LogP contribution in [0, 0.1) is 37.9 Å². The SMILES string of the molecule is C#CC1CCN(S(=O)(=O)N[C@H](c2n[nH]c(=O)o2)[C@@H](C)c2c(F)ccc(C)c2C)CC1. The lowest BCUT2D eigenvalue weighted by molar-refractivity contribution is 0.299. The summed E-state index contributed by atoms with van der Waals surface area (Å²) in [7, 11) is -3.97. The van der Waals surface area contributed by atoms with Crippen LogP contribution in [0.5, 0.6) is 0 Å².